The highest BCUT2D eigenvalue weighted by Crippen LogP contribution is 2.14. The van der Waals surface area contributed by atoms with E-state index in [1.807, 2.05) is 13.0 Å². The molecule has 0 aromatic heterocycles. The van der Waals surface area contributed by atoms with Crippen LogP contribution in [0.3, 0.4) is 0 Å². The molecule has 2 aromatic rings. The number of benzene rings is 2. The summed E-state index contributed by atoms with van der Waals surface area (Å²) in [5.74, 6) is -1.25. The summed E-state index contributed by atoms with van der Waals surface area (Å²) >= 11 is 0. The molecule has 0 aliphatic rings. The van der Waals surface area contributed by atoms with Gasteiger partial charge in [0, 0.05) is 5.69 Å². The monoisotopic (exact) mass is 424 g/mol. The van der Waals surface area contributed by atoms with Crippen LogP contribution in [0.25, 0.3) is 0 Å². The molecule has 8 nitrogen and oxygen atoms in total. The van der Waals surface area contributed by atoms with Crippen LogP contribution in [0, 0.1) is 11.3 Å². The van der Waals surface area contributed by atoms with E-state index in [0.29, 0.717) is 29.2 Å². The van der Waals surface area contributed by atoms with Gasteiger partial charge in [0.25, 0.3) is 5.91 Å². The normalized spacial score (nSPS) is 11.0. The Kier molecular flexibility index (Phi) is 9.05. The van der Waals surface area contributed by atoms with Gasteiger partial charge in [0.1, 0.15) is 5.75 Å². The third kappa shape index (κ3) is 7.82. The quantitative estimate of drug-likeness (QED) is 0.459. The fourth-order valence-electron chi connectivity index (χ4n) is 2.39. The Morgan fingerprint density at radius 3 is 2.32 bits per heavy atom. The molecule has 1 N–H and O–H groups in total. The van der Waals surface area contributed by atoms with Crippen LogP contribution in [0.1, 0.15) is 42.6 Å². The Balaban J connectivity index is 1.76. The Morgan fingerprint density at radius 2 is 1.71 bits per heavy atom. The largest absolute Gasteiger partial charge is 0.479 e. The van der Waals surface area contributed by atoms with Gasteiger partial charge >= 0.3 is 11.9 Å². The van der Waals surface area contributed by atoms with Gasteiger partial charge in [0.15, 0.2) is 12.7 Å². The van der Waals surface area contributed by atoms with Gasteiger partial charge in [-0.2, -0.15) is 5.26 Å². The number of unbranched alkanes of at least 4 members (excludes halogenated alkanes) is 1. The topological polar surface area (TPSA) is 115 Å². The SMILES string of the molecule is CCCCOC(=O)c1ccc(NC(=O)COC(=O)C(C)Oc2ccc(C#N)cc2)cc1. The molecule has 1 atom stereocenters. The highest BCUT2D eigenvalue weighted by molar-refractivity contribution is 5.94. The maximum atomic E-state index is 12.0. The third-order valence-corrected chi connectivity index (χ3v) is 4.11. The van der Waals surface area contributed by atoms with Crippen LogP contribution in [0.15, 0.2) is 48.5 Å². The molecular weight excluding hydrogens is 400 g/mol. The second kappa shape index (κ2) is 12.0. The smallest absolute Gasteiger partial charge is 0.347 e. The number of hydrogen-bond donors (Lipinski definition) is 1. The average molecular weight is 424 g/mol. The van der Waals surface area contributed by atoms with Crippen LogP contribution in [-0.2, 0) is 19.1 Å². The van der Waals surface area contributed by atoms with E-state index in [0.717, 1.165) is 12.8 Å². The number of nitrogens with zero attached hydrogens (tertiary/aromatic N) is 1. The summed E-state index contributed by atoms with van der Waals surface area (Å²) in [6, 6.07) is 14.5. The summed E-state index contributed by atoms with van der Waals surface area (Å²) in [6.45, 7) is 3.38. The van der Waals surface area contributed by atoms with E-state index >= 15 is 0 Å². The van der Waals surface area contributed by atoms with Crippen molar-refractivity contribution in [3.8, 4) is 11.8 Å². The minimum absolute atomic E-state index is 0.368. The molecule has 0 saturated carbocycles. The molecule has 0 spiro atoms. The Morgan fingerprint density at radius 1 is 1.03 bits per heavy atom. The van der Waals surface area contributed by atoms with Crippen molar-refractivity contribution in [2.75, 3.05) is 18.5 Å². The predicted molar refractivity (Wildman–Crippen MR) is 112 cm³/mol. The van der Waals surface area contributed by atoms with Crippen LogP contribution in [-0.4, -0.2) is 37.2 Å². The van der Waals surface area contributed by atoms with Crippen LogP contribution in [0.4, 0.5) is 5.69 Å². The fourth-order valence-corrected chi connectivity index (χ4v) is 2.39. The van der Waals surface area contributed by atoms with Crippen molar-refractivity contribution in [2.24, 2.45) is 0 Å². The summed E-state index contributed by atoms with van der Waals surface area (Å²) in [5.41, 5.74) is 1.31. The number of carbonyl (C=O) groups excluding carboxylic acids is 3. The van der Waals surface area contributed by atoms with E-state index in [9.17, 15) is 14.4 Å². The van der Waals surface area contributed by atoms with Crippen LogP contribution in [0.5, 0.6) is 5.75 Å². The Labute approximate surface area is 180 Å². The number of hydrogen-bond acceptors (Lipinski definition) is 7. The van der Waals surface area contributed by atoms with Crippen molar-refractivity contribution in [3.63, 3.8) is 0 Å². The molecule has 0 bridgehead atoms. The molecule has 2 aromatic carbocycles. The molecule has 1 amide bonds. The average Bonchev–Trinajstić information content (AvgIpc) is 2.78. The zero-order chi connectivity index (χ0) is 22.6. The molecule has 0 aliphatic carbocycles. The highest BCUT2D eigenvalue weighted by atomic mass is 16.6. The van der Waals surface area contributed by atoms with Gasteiger partial charge in [-0.05, 0) is 61.9 Å². The number of nitriles is 1. The van der Waals surface area contributed by atoms with Gasteiger partial charge in [0.05, 0.1) is 23.8 Å². The maximum Gasteiger partial charge on any atom is 0.347 e. The second-order valence-corrected chi connectivity index (χ2v) is 6.62. The highest BCUT2D eigenvalue weighted by Gasteiger charge is 2.18. The molecule has 162 valence electrons. The number of carbonyl (C=O) groups is 3. The molecule has 0 aliphatic heterocycles. The summed E-state index contributed by atoms with van der Waals surface area (Å²) in [4.78, 5) is 35.9. The number of rotatable bonds is 10. The molecule has 31 heavy (non-hydrogen) atoms. The van der Waals surface area contributed by atoms with Crippen molar-refractivity contribution >= 4 is 23.5 Å². The number of anilines is 1. The van der Waals surface area contributed by atoms with Gasteiger partial charge in [-0.15, -0.1) is 0 Å². The van der Waals surface area contributed by atoms with E-state index in [-0.39, 0.29) is 0 Å². The zero-order valence-corrected chi connectivity index (χ0v) is 17.4. The number of nitrogens with one attached hydrogen (secondary N) is 1. The van der Waals surface area contributed by atoms with Crippen molar-refractivity contribution in [1.82, 2.24) is 0 Å². The second-order valence-electron chi connectivity index (χ2n) is 6.62. The minimum Gasteiger partial charge on any atom is -0.479 e. The standard InChI is InChI=1S/C23H24N2O6/c1-3-4-13-29-23(28)18-7-9-19(10-8-18)25-21(26)15-30-22(27)16(2)31-20-11-5-17(14-24)6-12-20/h5-12,16H,3-4,13,15H2,1-2H3,(H,25,26). The van der Waals surface area contributed by atoms with Crippen LogP contribution < -0.4 is 10.1 Å². The maximum absolute atomic E-state index is 12.0. The zero-order valence-electron chi connectivity index (χ0n) is 17.4. The van der Waals surface area contributed by atoms with Crippen LogP contribution >= 0.6 is 0 Å². The summed E-state index contributed by atoms with van der Waals surface area (Å²) in [7, 11) is 0. The van der Waals surface area contributed by atoms with Gasteiger partial charge < -0.3 is 19.5 Å². The van der Waals surface area contributed by atoms with E-state index in [1.54, 1.807) is 48.5 Å². The minimum atomic E-state index is -0.932. The first-order chi connectivity index (χ1) is 14.9. The van der Waals surface area contributed by atoms with E-state index in [1.165, 1.54) is 6.92 Å². The predicted octanol–water partition coefficient (Wildman–Crippen LogP) is 3.46. The lowest BCUT2D eigenvalue weighted by molar-refractivity contribution is -0.153. The van der Waals surface area contributed by atoms with Crippen molar-refractivity contribution < 1.29 is 28.6 Å². The van der Waals surface area contributed by atoms with Crippen molar-refractivity contribution in [3.05, 3.63) is 59.7 Å². The first kappa shape index (κ1) is 23.4. The summed E-state index contributed by atoms with van der Waals surface area (Å²) in [6.07, 6.45) is 0.803. The molecule has 2 rings (SSSR count). The van der Waals surface area contributed by atoms with Gasteiger partial charge in [-0.1, -0.05) is 13.3 Å². The number of esters is 2. The third-order valence-electron chi connectivity index (χ3n) is 4.11. The lowest BCUT2D eigenvalue weighted by Gasteiger charge is -2.14. The van der Waals surface area contributed by atoms with E-state index < -0.39 is 30.6 Å². The van der Waals surface area contributed by atoms with Crippen molar-refractivity contribution in [1.29, 1.82) is 5.26 Å². The van der Waals surface area contributed by atoms with Gasteiger partial charge in [-0.25, -0.2) is 9.59 Å². The number of amides is 1. The van der Waals surface area contributed by atoms with E-state index in [4.69, 9.17) is 19.5 Å². The molecule has 0 heterocycles. The molecule has 0 radical (unpaired) electrons. The van der Waals surface area contributed by atoms with Gasteiger partial charge in [-0.3, -0.25) is 4.79 Å². The molecule has 0 saturated heterocycles. The van der Waals surface area contributed by atoms with Crippen LogP contribution in [0.2, 0.25) is 0 Å². The molecule has 1 unspecified atom stereocenters. The Hall–Kier alpha value is -3.86. The van der Waals surface area contributed by atoms with E-state index in [2.05, 4.69) is 5.32 Å². The summed E-state index contributed by atoms with van der Waals surface area (Å²) < 4.78 is 15.5. The van der Waals surface area contributed by atoms with Gasteiger partial charge in [0.2, 0.25) is 0 Å². The van der Waals surface area contributed by atoms with Crippen molar-refractivity contribution in [2.45, 2.75) is 32.8 Å². The number of ether oxygens (including phenoxy) is 3. The molecular formula is C23H24N2O6. The lowest BCUT2D eigenvalue weighted by atomic mass is 10.2. The molecule has 8 heteroatoms. The fraction of sp³-hybridized carbons (Fsp3) is 0.304. The lowest BCUT2D eigenvalue weighted by Crippen LogP contribution is -2.29. The summed E-state index contributed by atoms with van der Waals surface area (Å²) in [5, 5.41) is 11.4. The molecule has 0 fully saturated rings. The first-order valence-corrected chi connectivity index (χ1v) is 9.83. The first-order valence-electron chi connectivity index (χ1n) is 9.83. The Bertz CT molecular complexity index is 932.